The number of hydrogen-bond donors (Lipinski definition) is 2. The van der Waals surface area contributed by atoms with Crippen molar-refractivity contribution in [3.05, 3.63) is 71.8 Å². The minimum atomic E-state index is -0.217. The molecule has 5 rings (SSSR count). The van der Waals surface area contributed by atoms with E-state index in [1.807, 2.05) is 12.1 Å². The van der Waals surface area contributed by atoms with Gasteiger partial charge in [0.15, 0.2) is 5.52 Å². The number of imidazole rings is 1. The Balaban J connectivity index is 1.50. The fraction of sp³-hybridized carbons (Fsp3) is 0.190. The zero-order valence-corrected chi connectivity index (χ0v) is 15.8. The van der Waals surface area contributed by atoms with E-state index in [1.54, 1.807) is 6.33 Å². The summed E-state index contributed by atoms with van der Waals surface area (Å²) in [6.45, 7) is 3.03. The Kier molecular flexibility index (Phi) is 4.23. The van der Waals surface area contributed by atoms with Gasteiger partial charge in [-0.3, -0.25) is 0 Å². The minimum absolute atomic E-state index is 0.217. The summed E-state index contributed by atoms with van der Waals surface area (Å²) in [6.07, 6.45) is 1.63. The molecule has 0 unspecified atom stereocenters. The lowest BCUT2D eigenvalue weighted by Crippen LogP contribution is -2.35. The number of rotatable bonds is 3. The summed E-state index contributed by atoms with van der Waals surface area (Å²) in [5, 5.41) is 0. The van der Waals surface area contributed by atoms with E-state index in [4.69, 9.17) is 5.73 Å². The van der Waals surface area contributed by atoms with E-state index in [2.05, 4.69) is 54.0 Å². The highest BCUT2D eigenvalue weighted by molar-refractivity contribution is 5.81. The first kappa shape index (κ1) is 17.4. The van der Waals surface area contributed by atoms with Crippen LogP contribution in [0.4, 0.5) is 21.8 Å². The van der Waals surface area contributed by atoms with E-state index in [0.29, 0.717) is 18.1 Å². The molecule has 4 N–H and O–H groups in total. The van der Waals surface area contributed by atoms with Gasteiger partial charge in [-0.15, -0.1) is 0 Å². The summed E-state index contributed by atoms with van der Waals surface area (Å²) in [5.74, 6) is 0.995. The van der Waals surface area contributed by atoms with Gasteiger partial charge < -0.3 is 20.5 Å². The molecule has 0 fully saturated rings. The third-order valence-corrected chi connectivity index (χ3v) is 5.27. The number of halogens is 1. The first-order valence-corrected chi connectivity index (χ1v) is 9.51. The number of fused-ring (bicyclic) bond motifs is 2. The smallest absolute Gasteiger partial charge is 0.344 e. The van der Waals surface area contributed by atoms with Crippen LogP contribution >= 0.6 is 0 Å². The minimum Gasteiger partial charge on any atom is -0.364 e. The van der Waals surface area contributed by atoms with E-state index in [0.717, 1.165) is 36.5 Å². The normalized spacial score (nSPS) is 14.1. The van der Waals surface area contributed by atoms with Gasteiger partial charge in [0.25, 0.3) is 0 Å². The molecular formula is C21H21FN7+. The number of benzene rings is 2. The van der Waals surface area contributed by atoms with Gasteiger partial charge in [-0.05, 0) is 23.8 Å². The van der Waals surface area contributed by atoms with Gasteiger partial charge >= 0.3 is 5.95 Å². The predicted octanol–water partition coefficient (Wildman–Crippen LogP) is 2.52. The molecule has 0 aliphatic carbocycles. The fourth-order valence-corrected chi connectivity index (χ4v) is 3.87. The van der Waals surface area contributed by atoms with Crippen LogP contribution in [-0.4, -0.2) is 28.0 Å². The number of aromatic nitrogens is 4. The molecule has 0 radical (unpaired) electrons. The molecular weight excluding hydrogens is 369 g/mol. The van der Waals surface area contributed by atoms with Crippen molar-refractivity contribution in [1.82, 2.24) is 15.0 Å². The molecule has 146 valence electrons. The maximum Gasteiger partial charge on any atom is 0.344 e. The molecule has 0 spiro atoms. The summed E-state index contributed by atoms with van der Waals surface area (Å²) >= 11 is 0. The molecule has 1 aliphatic heterocycles. The molecule has 0 saturated carbocycles. The van der Waals surface area contributed by atoms with Crippen molar-refractivity contribution in [3.8, 4) is 0 Å². The first-order valence-electron chi connectivity index (χ1n) is 9.51. The molecule has 0 saturated heterocycles. The molecule has 2 aromatic carbocycles. The standard InChI is InChI=1S/C21H20FN7/c22-16-7-5-14(6-8-16)11-28-9-10-29(12-15-3-1-2-4-17(15)28)20-18-19(25-13-24-18)26-21(23)27-20/h1-8,13H,9-12H2,(H3,23,24,25,26,27)/p+1. The number of nitrogens with one attached hydrogen (secondary N) is 2. The first-order chi connectivity index (χ1) is 14.2. The second kappa shape index (κ2) is 7.05. The summed E-state index contributed by atoms with van der Waals surface area (Å²) in [6, 6.07) is 15.1. The second-order valence-electron chi connectivity index (χ2n) is 7.17. The van der Waals surface area contributed by atoms with Crippen molar-refractivity contribution in [3.63, 3.8) is 0 Å². The number of nitrogen functional groups attached to an aromatic ring is 1. The Morgan fingerprint density at radius 3 is 2.79 bits per heavy atom. The number of aromatic amines is 2. The quantitative estimate of drug-likeness (QED) is 0.561. The Hall–Kier alpha value is -3.68. The molecule has 3 heterocycles. The van der Waals surface area contributed by atoms with Crippen molar-refractivity contribution >= 4 is 28.6 Å². The van der Waals surface area contributed by atoms with Crippen molar-refractivity contribution in [1.29, 1.82) is 0 Å². The van der Waals surface area contributed by atoms with Gasteiger partial charge in [0.2, 0.25) is 11.5 Å². The van der Waals surface area contributed by atoms with Crippen LogP contribution in [0.2, 0.25) is 0 Å². The monoisotopic (exact) mass is 390 g/mol. The Labute approximate surface area is 167 Å². The molecule has 7 nitrogen and oxygen atoms in total. The zero-order valence-electron chi connectivity index (χ0n) is 15.8. The summed E-state index contributed by atoms with van der Waals surface area (Å²) in [5.41, 5.74) is 10.9. The maximum absolute atomic E-state index is 13.3. The Bertz CT molecular complexity index is 1160. The molecule has 29 heavy (non-hydrogen) atoms. The van der Waals surface area contributed by atoms with Crippen LogP contribution in [0.5, 0.6) is 0 Å². The number of hydrogen-bond acceptors (Lipinski definition) is 5. The van der Waals surface area contributed by atoms with Gasteiger partial charge in [-0.1, -0.05) is 35.3 Å². The van der Waals surface area contributed by atoms with Gasteiger partial charge in [0.1, 0.15) is 5.82 Å². The van der Waals surface area contributed by atoms with Gasteiger partial charge in [0.05, 0.1) is 19.4 Å². The average Bonchev–Trinajstić information content (AvgIpc) is 3.12. The lowest BCUT2D eigenvalue weighted by molar-refractivity contribution is -0.348. The summed E-state index contributed by atoms with van der Waals surface area (Å²) in [4.78, 5) is 19.4. The molecule has 2 aromatic heterocycles. The van der Waals surface area contributed by atoms with Crippen LogP contribution in [0.1, 0.15) is 11.1 Å². The predicted molar refractivity (Wildman–Crippen MR) is 110 cm³/mol. The van der Waals surface area contributed by atoms with E-state index in [9.17, 15) is 4.39 Å². The average molecular weight is 390 g/mol. The number of anilines is 3. The van der Waals surface area contributed by atoms with Crippen molar-refractivity contribution in [2.45, 2.75) is 13.1 Å². The van der Waals surface area contributed by atoms with Gasteiger partial charge in [-0.25, -0.2) is 14.4 Å². The lowest BCUT2D eigenvalue weighted by Gasteiger charge is -2.24. The molecule has 8 heteroatoms. The maximum atomic E-state index is 13.3. The molecule has 0 atom stereocenters. The van der Waals surface area contributed by atoms with Crippen molar-refractivity contribution in [2.75, 3.05) is 28.6 Å². The zero-order chi connectivity index (χ0) is 19.8. The topological polar surface area (TPSA) is 88.2 Å². The summed E-state index contributed by atoms with van der Waals surface area (Å²) in [7, 11) is 0. The summed E-state index contributed by atoms with van der Waals surface area (Å²) < 4.78 is 13.3. The second-order valence-corrected chi connectivity index (χ2v) is 7.17. The van der Waals surface area contributed by atoms with Gasteiger partial charge in [0, 0.05) is 24.3 Å². The number of H-pyrrole nitrogens is 2. The van der Waals surface area contributed by atoms with Crippen molar-refractivity contribution in [2.24, 2.45) is 0 Å². The van der Waals surface area contributed by atoms with Crippen LogP contribution in [-0.2, 0) is 13.1 Å². The number of nitrogens with zero attached hydrogens (tertiary/aromatic N) is 4. The Morgan fingerprint density at radius 1 is 1.10 bits per heavy atom. The van der Waals surface area contributed by atoms with E-state index in [1.165, 1.54) is 23.4 Å². The van der Waals surface area contributed by atoms with Crippen LogP contribution in [0.25, 0.3) is 11.2 Å². The Morgan fingerprint density at radius 2 is 1.93 bits per heavy atom. The molecule has 0 amide bonds. The molecule has 1 aliphatic rings. The highest BCUT2D eigenvalue weighted by Gasteiger charge is 2.26. The van der Waals surface area contributed by atoms with Crippen LogP contribution in [0.15, 0.2) is 54.9 Å². The molecule has 4 aromatic rings. The van der Waals surface area contributed by atoms with Crippen LogP contribution < -0.4 is 20.5 Å². The van der Waals surface area contributed by atoms with Gasteiger partial charge in [-0.2, -0.15) is 0 Å². The van der Waals surface area contributed by atoms with Crippen LogP contribution in [0.3, 0.4) is 0 Å². The third-order valence-electron chi connectivity index (χ3n) is 5.27. The van der Waals surface area contributed by atoms with E-state index >= 15 is 0 Å². The van der Waals surface area contributed by atoms with E-state index in [-0.39, 0.29) is 5.82 Å². The van der Waals surface area contributed by atoms with Crippen LogP contribution in [0, 0.1) is 5.82 Å². The largest absolute Gasteiger partial charge is 0.364 e. The lowest BCUT2D eigenvalue weighted by atomic mass is 10.1. The highest BCUT2D eigenvalue weighted by atomic mass is 19.1. The highest BCUT2D eigenvalue weighted by Crippen LogP contribution is 2.29. The fourth-order valence-electron chi connectivity index (χ4n) is 3.87. The number of nitrogens with two attached hydrogens (primary N) is 1. The third kappa shape index (κ3) is 3.33. The molecule has 0 bridgehead atoms. The van der Waals surface area contributed by atoms with Crippen molar-refractivity contribution < 1.29 is 9.37 Å². The number of para-hydroxylation sites is 1. The SMILES string of the molecule is Nc1nc2nc[nH]c2c(N2CCN(Cc3ccc(F)cc3)c3ccccc3C2)[nH+]1. The van der Waals surface area contributed by atoms with E-state index < -0.39 is 0 Å².